The van der Waals surface area contributed by atoms with Crippen LogP contribution in [0, 0.1) is 18.2 Å². The molecule has 6 rings (SSSR count). The number of halogens is 3. The summed E-state index contributed by atoms with van der Waals surface area (Å²) in [7, 11) is 2.01. The van der Waals surface area contributed by atoms with Gasteiger partial charge in [-0.05, 0) is 49.3 Å². The van der Waals surface area contributed by atoms with E-state index in [1.165, 1.54) is 22.3 Å². The SMILES string of the molecule is [C-]#[N+]C[C@H]1CN(c2nc(OC[C@@H]3CCCN3C)nc3c(F)c(-c4cccc5ccsc45)c(F)cc23)CCN1C(=O)C(=C)F. The van der Waals surface area contributed by atoms with Gasteiger partial charge in [0.1, 0.15) is 29.8 Å². The Bertz CT molecular complexity index is 1770. The minimum atomic E-state index is -1.11. The maximum absolute atomic E-state index is 16.5. The Kier molecular flexibility index (Phi) is 7.94. The van der Waals surface area contributed by atoms with E-state index in [1.807, 2.05) is 24.6 Å². The first kappa shape index (κ1) is 28.9. The van der Waals surface area contributed by atoms with E-state index in [0.717, 1.165) is 29.5 Å². The van der Waals surface area contributed by atoms with Crippen molar-refractivity contribution < 1.29 is 22.7 Å². The number of carbonyl (C=O) groups excluding carboxylic acids is 1. The number of fused-ring (bicyclic) bond motifs is 2. The third-order valence-corrected chi connectivity index (χ3v) is 9.21. The van der Waals surface area contributed by atoms with Crippen LogP contribution in [0.25, 0.3) is 37.0 Å². The molecular weight excluding hydrogens is 577 g/mol. The molecule has 222 valence electrons. The van der Waals surface area contributed by atoms with E-state index in [0.29, 0.717) is 12.2 Å². The zero-order valence-corrected chi connectivity index (χ0v) is 24.3. The molecule has 4 heterocycles. The van der Waals surface area contributed by atoms with Crippen LogP contribution in [-0.2, 0) is 4.79 Å². The van der Waals surface area contributed by atoms with Crippen LogP contribution in [0.15, 0.2) is 48.1 Å². The molecule has 0 saturated carbocycles. The van der Waals surface area contributed by atoms with Gasteiger partial charge in [0.05, 0.1) is 5.56 Å². The van der Waals surface area contributed by atoms with Crippen molar-refractivity contribution >= 4 is 44.1 Å². The Morgan fingerprint density at radius 2 is 2.05 bits per heavy atom. The number of anilines is 1. The summed E-state index contributed by atoms with van der Waals surface area (Å²) >= 11 is 1.40. The summed E-state index contributed by atoms with van der Waals surface area (Å²) in [5, 5.41) is 2.89. The molecule has 0 spiro atoms. The van der Waals surface area contributed by atoms with Crippen LogP contribution in [0.4, 0.5) is 19.0 Å². The number of benzene rings is 2. The molecule has 2 atom stereocenters. The van der Waals surface area contributed by atoms with Crippen LogP contribution in [-0.4, -0.2) is 84.1 Å². The topological polar surface area (TPSA) is 66.2 Å². The average Bonchev–Trinajstić information content (AvgIpc) is 3.65. The second-order valence-electron chi connectivity index (χ2n) is 10.8. The fourth-order valence-electron chi connectivity index (χ4n) is 6.00. The van der Waals surface area contributed by atoms with Crippen LogP contribution in [0.1, 0.15) is 12.8 Å². The number of thiophene rings is 1. The minimum absolute atomic E-state index is 0.0500. The first-order chi connectivity index (χ1) is 20.8. The summed E-state index contributed by atoms with van der Waals surface area (Å²) in [5.74, 6) is -3.37. The fraction of sp³-hybridized carbons (Fsp3) is 0.355. The number of piperazine rings is 1. The number of amides is 1. The van der Waals surface area contributed by atoms with E-state index < -0.39 is 29.4 Å². The van der Waals surface area contributed by atoms with E-state index in [-0.39, 0.29) is 60.5 Å². The number of hydrogen-bond donors (Lipinski definition) is 0. The van der Waals surface area contributed by atoms with Gasteiger partial charge in [0.2, 0.25) is 6.54 Å². The number of likely N-dealkylation sites (tertiary alicyclic amines) is 1. The number of hydrogen-bond acceptors (Lipinski definition) is 7. The first-order valence-electron chi connectivity index (χ1n) is 14.0. The van der Waals surface area contributed by atoms with Crippen molar-refractivity contribution in [2.75, 3.05) is 51.3 Å². The van der Waals surface area contributed by atoms with Gasteiger partial charge in [-0.25, -0.2) is 19.7 Å². The molecule has 43 heavy (non-hydrogen) atoms. The number of rotatable bonds is 7. The molecule has 0 radical (unpaired) electrons. The van der Waals surface area contributed by atoms with Crippen molar-refractivity contribution in [1.29, 1.82) is 0 Å². The van der Waals surface area contributed by atoms with E-state index in [1.54, 1.807) is 17.0 Å². The lowest BCUT2D eigenvalue weighted by Crippen LogP contribution is -2.56. The highest BCUT2D eigenvalue weighted by atomic mass is 32.1. The number of ether oxygens (including phenoxy) is 1. The molecule has 2 aliphatic rings. The summed E-state index contributed by atoms with van der Waals surface area (Å²) in [6, 6.07) is 7.88. The van der Waals surface area contributed by atoms with Gasteiger partial charge >= 0.3 is 6.01 Å². The molecule has 0 unspecified atom stereocenters. The summed E-state index contributed by atoms with van der Waals surface area (Å²) in [6.45, 7) is 12.0. The van der Waals surface area contributed by atoms with Gasteiger partial charge in [0.15, 0.2) is 11.6 Å². The second kappa shape index (κ2) is 11.8. The molecule has 2 saturated heterocycles. The normalized spacial score (nSPS) is 19.2. The molecule has 0 aliphatic carbocycles. The minimum Gasteiger partial charge on any atom is -0.462 e. The predicted molar refractivity (Wildman–Crippen MR) is 161 cm³/mol. The number of aromatic nitrogens is 2. The lowest BCUT2D eigenvalue weighted by molar-refractivity contribution is -0.131. The lowest BCUT2D eigenvalue weighted by atomic mass is 10.0. The third kappa shape index (κ3) is 5.39. The highest BCUT2D eigenvalue weighted by Crippen LogP contribution is 2.40. The van der Waals surface area contributed by atoms with Crippen molar-refractivity contribution in [3.8, 4) is 17.1 Å². The van der Waals surface area contributed by atoms with Gasteiger partial charge in [-0.2, -0.15) is 9.97 Å². The van der Waals surface area contributed by atoms with Crippen molar-refractivity contribution in [2.45, 2.75) is 24.9 Å². The molecular formula is C31H29F3N6O2S. The molecule has 2 aromatic carbocycles. The van der Waals surface area contributed by atoms with Crippen LogP contribution in [0.2, 0.25) is 0 Å². The van der Waals surface area contributed by atoms with E-state index in [2.05, 4.69) is 26.3 Å². The smallest absolute Gasteiger partial charge is 0.319 e. The Balaban J connectivity index is 1.46. The van der Waals surface area contributed by atoms with E-state index >= 15 is 8.78 Å². The second-order valence-corrected chi connectivity index (χ2v) is 11.8. The average molecular weight is 607 g/mol. The van der Waals surface area contributed by atoms with Crippen LogP contribution in [0.5, 0.6) is 6.01 Å². The van der Waals surface area contributed by atoms with E-state index in [9.17, 15) is 9.18 Å². The molecule has 2 aromatic heterocycles. The highest BCUT2D eigenvalue weighted by Gasteiger charge is 2.36. The van der Waals surface area contributed by atoms with E-state index in [4.69, 9.17) is 11.3 Å². The Labute approximate surface area is 250 Å². The number of carbonyl (C=O) groups is 1. The molecule has 0 N–H and O–H groups in total. The summed E-state index contributed by atoms with van der Waals surface area (Å²) in [6.07, 6.45) is 1.98. The van der Waals surface area contributed by atoms with Gasteiger partial charge in [-0.15, -0.1) is 11.3 Å². The van der Waals surface area contributed by atoms with Crippen molar-refractivity contribution in [3.63, 3.8) is 0 Å². The van der Waals surface area contributed by atoms with Gasteiger partial charge < -0.3 is 24.3 Å². The number of nitrogens with zero attached hydrogens (tertiary/aromatic N) is 6. The predicted octanol–water partition coefficient (Wildman–Crippen LogP) is 5.68. The monoisotopic (exact) mass is 606 g/mol. The lowest BCUT2D eigenvalue weighted by Gasteiger charge is -2.39. The van der Waals surface area contributed by atoms with Crippen LogP contribution in [0.3, 0.4) is 0 Å². The zero-order chi connectivity index (χ0) is 30.2. The fourth-order valence-corrected chi connectivity index (χ4v) is 6.92. The van der Waals surface area contributed by atoms with Crippen molar-refractivity contribution in [3.05, 3.63) is 71.2 Å². The maximum atomic E-state index is 16.5. The molecule has 2 fully saturated rings. The Hall–Kier alpha value is -4.21. The highest BCUT2D eigenvalue weighted by molar-refractivity contribution is 7.17. The summed E-state index contributed by atoms with van der Waals surface area (Å²) in [4.78, 5) is 30.1. The number of likely N-dealkylation sites (N-methyl/N-ethyl adjacent to an activating group) is 1. The largest absolute Gasteiger partial charge is 0.462 e. The molecule has 0 bridgehead atoms. The van der Waals surface area contributed by atoms with Gasteiger partial charge in [-0.3, -0.25) is 4.79 Å². The van der Waals surface area contributed by atoms with Crippen molar-refractivity contribution in [1.82, 2.24) is 19.8 Å². The standard InChI is InChI=1S/C31H29F3N6O2S/c1-18(32)30(41)40-12-11-39(16-21(40)15-35-2)29-23-14-24(33)25(22-8-4-6-19-9-13-43-28(19)22)26(34)27(23)36-31(37-29)42-17-20-7-5-10-38(20)3/h4,6,8-9,13-14,20-21H,1,5,7,10-12,15-17H2,3H3/t20-,21-/m0/s1. The maximum Gasteiger partial charge on any atom is 0.319 e. The quantitative estimate of drug-likeness (QED) is 0.199. The Morgan fingerprint density at radius 1 is 1.21 bits per heavy atom. The van der Waals surface area contributed by atoms with Gasteiger partial charge in [-0.1, -0.05) is 24.8 Å². The van der Waals surface area contributed by atoms with Gasteiger partial charge in [0, 0.05) is 41.3 Å². The third-order valence-electron chi connectivity index (χ3n) is 8.24. The Morgan fingerprint density at radius 3 is 2.79 bits per heavy atom. The van der Waals surface area contributed by atoms with Crippen molar-refractivity contribution in [2.24, 2.45) is 0 Å². The summed E-state index contributed by atoms with van der Waals surface area (Å²) in [5.41, 5.74) is 0.145. The molecule has 12 heteroatoms. The molecule has 4 aromatic rings. The summed E-state index contributed by atoms with van der Waals surface area (Å²) < 4.78 is 52.9. The molecule has 2 aliphatic heterocycles. The van der Waals surface area contributed by atoms with Gasteiger partial charge in [0.25, 0.3) is 5.91 Å². The van der Waals surface area contributed by atoms with Crippen LogP contribution < -0.4 is 9.64 Å². The first-order valence-corrected chi connectivity index (χ1v) is 14.9. The zero-order valence-electron chi connectivity index (χ0n) is 23.5. The molecule has 8 nitrogen and oxygen atoms in total. The molecule has 1 amide bonds. The van der Waals surface area contributed by atoms with Crippen LogP contribution >= 0.6 is 11.3 Å².